The van der Waals surface area contributed by atoms with Crippen LogP contribution in [0.5, 0.6) is 11.5 Å². The molecule has 0 bridgehead atoms. The summed E-state index contributed by atoms with van der Waals surface area (Å²) < 4.78 is 11.3. The van der Waals surface area contributed by atoms with Crippen LogP contribution in [0.4, 0.5) is 11.4 Å². The molecule has 6 heteroatoms. The summed E-state index contributed by atoms with van der Waals surface area (Å²) in [7, 11) is 0. The molecule has 1 aliphatic rings. The van der Waals surface area contributed by atoms with E-state index in [1.165, 1.54) is 0 Å². The van der Waals surface area contributed by atoms with Crippen molar-refractivity contribution < 1.29 is 14.3 Å². The molecule has 148 valence electrons. The molecule has 1 aromatic heterocycles. The number of hydrogen-bond acceptors (Lipinski definition) is 5. The van der Waals surface area contributed by atoms with Gasteiger partial charge in [-0.3, -0.25) is 9.78 Å². The summed E-state index contributed by atoms with van der Waals surface area (Å²) >= 11 is 0. The number of benzene rings is 2. The standard InChI is InChI=1S/C23H23N3O3/c27-23(25-16-21-7-4-14-28-21)22-15-18(12-13-24-22)26-17-8-10-20(11-9-17)29-19-5-2-1-3-6-19/h1-3,5-6,8-13,15,21H,4,7,14,16H2,(H,24,26)(H,25,27). The topological polar surface area (TPSA) is 72.5 Å². The molecule has 1 unspecified atom stereocenters. The Morgan fingerprint density at radius 3 is 2.59 bits per heavy atom. The third-order valence-electron chi connectivity index (χ3n) is 4.63. The lowest BCUT2D eigenvalue weighted by atomic mass is 10.2. The molecular weight excluding hydrogens is 366 g/mol. The number of amides is 1. The van der Waals surface area contributed by atoms with Gasteiger partial charge in [0.2, 0.25) is 0 Å². The van der Waals surface area contributed by atoms with Gasteiger partial charge in [0.25, 0.3) is 5.91 Å². The number of nitrogens with zero attached hydrogens (tertiary/aromatic N) is 1. The predicted octanol–water partition coefficient (Wildman–Crippen LogP) is 4.53. The fraction of sp³-hybridized carbons (Fsp3) is 0.217. The molecule has 1 amide bonds. The van der Waals surface area contributed by atoms with E-state index >= 15 is 0 Å². The van der Waals surface area contributed by atoms with Gasteiger partial charge in [0.05, 0.1) is 6.10 Å². The quantitative estimate of drug-likeness (QED) is 0.621. The molecule has 1 saturated heterocycles. The molecule has 1 aliphatic heterocycles. The van der Waals surface area contributed by atoms with Gasteiger partial charge in [-0.15, -0.1) is 0 Å². The smallest absolute Gasteiger partial charge is 0.270 e. The zero-order valence-corrected chi connectivity index (χ0v) is 16.0. The van der Waals surface area contributed by atoms with Gasteiger partial charge in [0.15, 0.2) is 0 Å². The summed E-state index contributed by atoms with van der Waals surface area (Å²) in [6, 6.07) is 20.8. The highest BCUT2D eigenvalue weighted by Crippen LogP contribution is 2.24. The van der Waals surface area contributed by atoms with Crippen LogP contribution < -0.4 is 15.4 Å². The van der Waals surface area contributed by atoms with Gasteiger partial charge in [-0.2, -0.15) is 0 Å². The van der Waals surface area contributed by atoms with Gasteiger partial charge in [-0.05, 0) is 61.4 Å². The molecule has 2 heterocycles. The largest absolute Gasteiger partial charge is 0.457 e. The molecular formula is C23H23N3O3. The van der Waals surface area contributed by atoms with Gasteiger partial charge in [-0.1, -0.05) is 18.2 Å². The van der Waals surface area contributed by atoms with Crippen LogP contribution >= 0.6 is 0 Å². The van der Waals surface area contributed by atoms with Crippen molar-refractivity contribution in [3.05, 3.63) is 78.6 Å². The first-order chi connectivity index (χ1) is 14.3. The number of carbonyl (C=O) groups is 1. The Balaban J connectivity index is 1.35. The van der Waals surface area contributed by atoms with Crippen LogP contribution in [-0.4, -0.2) is 30.1 Å². The summed E-state index contributed by atoms with van der Waals surface area (Å²) in [5, 5.41) is 6.18. The molecule has 1 atom stereocenters. The van der Waals surface area contributed by atoms with E-state index < -0.39 is 0 Å². The third kappa shape index (κ3) is 5.33. The second-order valence-corrected chi connectivity index (χ2v) is 6.84. The Morgan fingerprint density at radius 2 is 1.83 bits per heavy atom. The van der Waals surface area contributed by atoms with Crippen molar-refractivity contribution >= 4 is 17.3 Å². The van der Waals surface area contributed by atoms with Crippen LogP contribution in [0.2, 0.25) is 0 Å². The van der Waals surface area contributed by atoms with E-state index in [0.29, 0.717) is 12.2 Å². The minimum Gasteiger partial charge on any atom is -0.457 e. The molecule has 2 N–H and O–H groups in total. The van der Waals surface area contributed by atoms with Crippen molar-refractivity contribution in [2.45, 2.75) is 18.9 Å². The molecule has 0 spiro atoms. The predicted molar refractivity (Wildman–Crippen MR) is 112 cm³/mol. The van der Waals surface area contributed by atoms with Crippen LogP contribution in [0.25, 0.3) is 0 Å². The van der Waals surface area contributed by atoms with E-state index in [9.17, 15) is 4.79 Å². The Bertz CT molecular complexity index is 939. The highest BCUT2D eigenvalue weighted by atomic mass is 16.5. The van der Waals surface area contributed by atoms with E-state index in [0.717, 1.165) is 42.3 Å². The average molecular weight is 389 g/mol. The zero-order valence-electron chi connectivity index (χ0n) is 16.0. The lowest BCUT2D eigenvalue weighted by molar-refractivity contribution is 0.0854. The van der Waals surface area contributed by atoms with Crippen LogP contribution in [0, 0.1) is 0 Å². The summed E-state index contributed by atoms with van der Waals surface area (Å²) in [6.07, 6.45) is 3.76. The number of nitrogens with one attached hydrogen (secondary N) is 2. The van der Waals surface area contributed by atoms with Crippen LogP contribution in [-0.2, 0) is 4.74 Å². The van der Waals surface area contributed by atoms with Crippen LogP contribution in [0.15, 0.2) is 72.9 Å². The number of para-hydroxylation sites is 1. The van der Waals surface area contributed by atoms with Crippen molar-refractivity contribution in [2.24, 2.45) is 0 Å². The zero-order chi connectivity index (χ0) is 19.9. The fourth-order valence-electron chi connectivity index (χ4n) is 3.13. The maximum absolute atomic E-state index is 12.4. The number of hydrogen-bond donors (Lipinski definition) is 2. The minimum absolute atomic E-state index is 0.108. The number of ether oxygens (including phenoxy) is 2. The molecule has 0 radical (unpaired) electrons. The monoisotopic (exact) mass is 389 g/mol. The normalized spacial score (nSPS) is 15.7. The lowest BCUT2D eigenvalue weighted by Gasteiger charge is -2.12. The molecule has 1 fully saturated rings. The summed E-state index contributed by atoms with van der Waals surface area (Å²) in [5.41, 5.74) is 2.05. The lowest BCUT2D eigenvalue weighted by Crippen LogP contribution is -2.32. The Kier molecular flexibility index (Phi) is 6.02. The van der Waals surface area contributed by atoms with E-state index in [1.807, 2.05) is 60.7 Å². The van der Waals surface area contributed by atoms with Crippen LogP contribution in [0.3, 0.4) is 0 Å². The number of rotatable bonds is 7. The van der Waals surface area contributed by atoms with E-state index in [-0.39, 0.29) is 12.0 Å². The molecule has 0 aliphatic carbocycles. The van der Waals surface area contributed by atoms with Crippen molar-refractivity contribution in [1.82, 2.24) is 10.3 Å². The van der Waals surface area contributed by atoms with Crippen molar-refractivity contribution in [1.29, 1.82) is 0 Å². The minimum atomic E-state index is -0.198. The second kappa shape index (κ2) is 9.21. The molecule has 6 nitrogen and oxygen atoms in total. The van der Waals surface area contributed by atoms with E-state index in [4.69, 9.17) is 9.47 Å². The number of anilines is 2. The van der Waals surface area contributed by atoms with Crippen molar-refractivity contribution in [3.63, 3.8) is 0 Å². The Labute approximate surface area is 169 Å². The number of pyridine rings is 1. The third-order valence-corrected chi connectivity index (χ3v) is 4.63. The first kappa shape index (κ1) is 19.0. The maximum atomic E-state index is 12.4. The van der Waals surface area contributed by atoms with Crippen LogP contribution in [0.1, 0.15) is 23.3 Å². The highest BCUT2D eigenvalue weighted by Gasteiger charge is 2.17. The van der Waals surface area contributed by atoms with Gasteiger partial charge in [0.1, 0.15) is 17.2 Å². The molecule has 4 rings (SSSR count). The fourth-order valence-corrected chi connectivity index (χ4v) is 3.13. The second-order valence-electron chi connectivity index (χ2n) is 6.84. The Hall–Kier alpha value is -3.38. The Morgan fingerprint density at radius 1 is 1.03 bits per heavy atom. The summed E-state index contributed by atoms with van der Waals surface area (Å²) in [4.78, 5) is 16.5. The first-order valence-corrected chi connectivity index (χ1v) is 9.72. The van der Waals surface area contributed by atoms with E-state index in [2.05, 4.69) is 15.6 Å². The van der Waals surface area contributed by atoms with Crippen molar-refractivity contribution in [2.75, 3.05) is 18.5 Å². The molecule has 2 aromatic carbocycles. The molecule has 29 heavy (non-hydrogen) atoms. The van der Waals surface area contributed by atoms with E-state index in [1.54, 1.807) is 12.3 Å². The average Bonchev–Trinajstić information content (AvgIpc) is 3.28. The molecule has 3 aromatic rings. The highest BCUT2D eigenvalue weighted by molar-refractivity contribution is 5.93. The SMILES string of the molecule is O=C(NCC1CCCO1)c1cc(Nc2ccc(Oc3ccccc3)cc2)ccn1. The first-order valence-electron chi connectivity index (χ1n) is 9.72. The number of carbonyl (C=O) groups excluding carboxylic acids is 1. The maximum Gasteiger partial charge on any atom is 0.270 e. The van der Waals surface area contributed by atoms with Gasteiger partial charge < -0.3 is 20.1 Å². The summed E-state index contributed by atoms with van der Waals surface area (Å²) in [6.45, 7) is 1.29. The molecule has 0 saturated carbocycles. The van der Waals surface area contributed by atoms with Crippen molar-refractivity contribution in [3.8, 4) is 11.5 Å². The summed E-state index contributed by atoms with van der Waals surface area (Å²) in [5.74, 6) is 1.35. The van der Waals surface area contributed by atoms with Gasteiger partial charge in [-0.25, -0.2) is 0 Å². The number of aromatic nitrogens is 1. The van der Waals surface area contributed by atoms with Gasteiger partial charge in [0, 0.05) is 30.7 Å². The van der Waals surface area contributed by atoms with Gasteiger partial charge >= 0.3 is 0 Å².